The lowest BCUT2D eigenvalue weighted by atomic mass is 10.3. The summed E-state index contributed by atoms with van der Waals surface area (Å²) >= 11 is 0. The zero-order valence-corrected chi connectivity index (χ0v) is 14.0. The molecule has 0 aliphatic heterocycles. The number of hydrogen-bond donors (Lipinski definition) is 0. The van der Waals surface area contributed by atoms with Crippen LogP contribution in [0.4, 0.5) is 0 Å². The minimum atomic E-state index is 1.50. The van der Waals surface area contributed by atoms with E-state index in [1.165, 1.54) is 6.08 Å². The van der Waals surface area contributed by atoms with Crippen LogP contribution in [0.1, 0.15) is 0 Å². The minimum Gasteiger partial charge on any atom is -0.0991 e. The van der Waals surface area contributed by atoms with Crippen molar-refractivity contribution in [1.29, 1.82) is 0 Å². The van der Waals surface area contributed by atoms with Gasteiger partial charge in [-0.1, -0.05) is 147 Å². The Balaban J connectivity index is 3.91. The van der Waals surface area contributed by atoms with E-state index in [2.05, 4.69) is 6.58 Å². The van der Waals surface area contributed by atoms with Gasteiger partial charge in [0.1, 0.15) is 0 Å². The van der Waals surface area contributed by atoms with Gasteiger partial charge in [0.15, 0.2) is 0 Å². The summed E-state index contributed by atoms with van der Waals surface area (Å²) in [6.45, 7) is 8.81. The van der Waals surface area contributed by atoms with Crippen LogP contribution in [-0.4, -0.2) is 0 Å². The maximum atomic E-state index is 5.21. The zero-order chi connectivity index (χ0) is 17.6. The Morgan fingerprint density at radius 2 is 0.542 bits per heavy atom. The third-order valence-corrected chi connectivity index (χ3v) is 2.36. The lowest BCUT2D eigenvalue weighted by Crippen LogP contribution is -1.54. The molecule has 0 saturated heterocycles. The Morgan fingerprint density at radius 1 is 0.333 bits per heavy atom. The molecule has 0 unspecified atom stereocenters. The fourth-order valence-corrected chi connectivity index (χ4v) is 1.30. The fourth-order valence-electron chi connectivity index (χ4n) is 1.30. The molecule has 0 spiro atoms. The second-order valence-corrected chi connectivity index (χ2v) is 4.28. The van der Waals surface area contributed by atoms with Crippen molar-refractivity contribution in [1.82, 2.24) is 0 Å². The fraction of sp³-hybridized carbons (Fsp3) is 0. The molecule has 0 aromatic heterocycles. The van der Waals surface area contributed by atoms with Gasteiger partial charge in [0.25, 0.3) is 0 Å². The molecule has 0 fully saturated rings. The van der Waals surface area contributed by atoms with Crippen molar-refractivity contribution in [3.8, 4) is 0 Å². The molecule has 0 bridgehead atoms. The van der Waals surface area contributed by atoms with Crippen LogP contribution in [0.25, 0.3) is 0 Å². The van der Waals surface area contributed by atoms with Gasteiger partial charge in [-0.25, -0.2) is 0 Å². The van der Waals surface area contributed by atoms with Crippen molar-refractivity contribution in [3.05, 3.63) is 147 Å². The van der Waals surface area contributed by atoms with E-state index in [-0.39, 0.29) is 0 Å². The van der Waals surface area contributed by atoms with Gasteiger partial charge in [0.2, 0.25) is 0 Å². The molecule has 0 aromatic carbocycles. The van der Waals surface area contributed by atoms with Gasteiger partial charge in [0.05, 0.1) is 0 Å². The first-order valence-corrected chi connectivity index (χ1v) is 7.74. The quantitative estimate of drug-likeness (QED) is 0.371. The van der Waals surface area contributed by atoms with Crippen LogP contribution >= 0.6 is 0 Å². The van der Waals surface area contributed by atoms with Crippen LogP contribution in [0.3, 0.4) is 0 Å². The Morgan fingerprint density at radius 3 is 0.750 bits per heavy atom. The third kappa shape index (κ3) is 18.9. The molecule has 0 amide bonds. The lowest BCUT2D eigenvalue weighted by molar-refractivity contribution is 1.82. The third-order valence-electron chi connectivity index (χ3n) is 2.36. The smallest absolute Gasteiger partial charge is 0.0623 e. The average molecular weight is 313 g/mol. The topological polar surface area (TPSA) is 0 Å². The highest BCUT2D eigenvalue weighted by molar-refractivity contribution is 5.22. The summed E-state index contributed by atoms with van der Waals surface area (Å²) in [6, 6.07) is 0. The largest absolute Gasteiger partial charge is 0.0991 e. The molecule has 0 nitrogen and oxygen atoms in total. The molecular formula is C24H25. The molecule has 0 atom stereocenters. The van der Waals surface area contributed by atoms with Gasteiger partial charge in [0, 0.05) is 0 Å². The summed E-state index contributed by atoms with van der Waals surface area (Å²) in [7, 11) is 0. The van der Waals surface area contributed by atoms with Crippen LogP contribution in [0.5, 0.6) is 0 Å². The van der Waals surface area contributed by atoms with Gasteiger partial charge in [-0.15, -0.1) is 0 Å². The van der Waals surface area contributed by atoms with E-state index < -0.39 is 0 Å². The van der Waals surface area contributed by atoms with Crippen LogP contribution in [0.15, 0.2) is 140 Å². The highest BCUT2D eigenvalue weighted by Gasteiger charge is 1.65. The van der Waals surface area contributed by atoms with Crippen LogP contribution in [-0.2, 0) is 0 Å². The zero-order valence-electron chi connectivity index (χ0n) is 14.0. The molecule has 0 heteroatoms. The van der Waals surface area contributed by atoms with Crippen molar-refractivity contribution < 1.29 is 0 Å². The Hall–Kier alpha value is -3.12. The van der Waals surface area contributed by atoms with Gasteiger partial charge in [-0.2, -0.15) is 0 Å². The first-order chi connectivity index (χ1) is 11.9. The number of rotatable bonds is 11. The van der Waals surface area contributed by atoms with E-state index in [1.54, 1.807) is 12.2 Å². The van der Waals surface area contributed by atoms with Crippen molar-refractivity contribution in [3.63, 3.8) is 0 Å². The van der Waals surface area contributed by atoms with Gasteiger partial charge < -0.3 is 0 Å². The van der Waals surface area contributed by atoms with Crippen LogP contribution < -0.4 is 0 Å². The van der Waals surface area contributed by atoms with E-state index in [0.717, 1.165) is 0 Å². The van der Waals surface area contributed by atoms with Crippen molar-refractivity contribution in [2.45, 2.75) is 0 Å². The molecule has 1 radical (unpaired) electrons. The van der Waals surface area contributed by atoms with Crippen molar-refractivity contribution in [2.75, 3.05) is 0 Å². The molecule has 0 rings (SSSR count). The molecule has 0 saturated carbocycles. The standard InChI is InChI=1S/C24H25/c1-3-5-7-9-11-13-15-17-19-21-23-24-22-20-18-16-14-12-10-8-6-4-2/h1,3-24H,2H2/b3-1?,7-5+,8-6+,11-9+,12-10+,15-13+,16-14+,19-17+,20-18+,23-21+,24-22+. The number of hydrogen-bond acceptors (Lipinski definition) is 0. The van der Waals surface area contributed by atoms with Crippen LogP contribution in [0.2, 0.25) is 0 Å². The van der Waals surface area contributed by atoms with E-state index in [0.29, 0.717) is 0 Å². The van der Waals surface area contributed by atoms with Crippen LogP contribution in [0, 0.1) is 6.58 Å². The molecule has 0 aromatic rings. The Bertz CT molecular complexity index is 550. The molecular weight excluding hydrogens is 288 g/mol. The van der Waals surface area contributed by atoms with Gasteiger partial charge in [-0.05, 0) is 0 Å². The highest BCUT2D eigenvalue weighted by atomic mass is 13.7. The monoisotopic (exact) mass is 313 g/mol. The molecule has 24 heavy (non-hydrogen) atoms. The predicted molar refractivity (Wildman–Crippen MR) is 110 cm³/mol. The minimum absolute atomic E-state index is 1.50. The average Bonchev–Trinajstić information content (AvgIpc) is 2.60. The summed E-state index contributed by atoms with van der Waals surface area (Å²) in [5, 5.41) is 0. The van der Waals surface area contributed by atoms with Crippen molar-refractivity contribution in [2.24, 2.45) is 0 Å². The molecule has 0 aliphatic rings. The summed E-state index contributed by atoms with van der Waals surface area (Å²) in [5.74, 6) is 0. The van der Waals surface area contributed by atoms with E-state index >= 15 is 0 Å². The second-order valence-electron chi connectivity index (χ2n) is 4.28. The van der Waals surface area contributed by atoms with E-state index in [1.807, 2.05) is 115 Å². The highest BCUT2D eigenvalue weighted by Crippen LogP contribution is 1.87. The Labute approximate surface area is 147 Å². The van der Waals surface area contributed by atoms with E-state index in [4.69, 9.17) is 6.58 Å². The summed E-state index contributed by atoms with van der Waals surface area (Å²) < 4.78 is 0. The van der Waals surface area contributed by atoms with E-state index in [9.17, 15) is 0 Å². The maximum absolute atomic E-state index is 5.21. The first kappa shape index (κ1) is 20.9. The molecule has 0 aliphatic carbocycles. The van der Waals surface area contributed by atoms with Gasteiger partial charge in [-0.3, -0.25) is 0 Å². The summed E-state index contributed by atoms with van der Waals surface area (Å²) in [5.41, 5.74) is 0. The normalized spacial score (nSPS) is 14.2. The predicted octanol–water partition coefficient (Wildman–Crippen LogP) is 6.72. The summed E-state index contributed by atoms with van der Waals surface area (Å²) in [6.07, 6.45) is 42.2. The SMILES string of the molecule is [CH]=C/C=C/C=C/C=C/C=C/C=C/C=C/C=C/C=C/C=C/C=C/C=C. The molecule has 0 N–H and O–H groups in total. The second kappa shape index (κ2) is 19.9. The van der Waals surface area contributed by atoms with Crippen molar-refractivity contribution >= 4 is 0 Å². The first-order valence-electron chi connectivity index (χ1n) is 7.74. The lowest BCUT2D eigenvalue weighted by Gasteiger charge is -1.76. The Kier molecular flexibility index (Phi) is 17.3. The molecule has 0 heterocycles. The maximum Gasteiger partial charge on any atom is -0.0623 e. The summed E-state index contributed by atoms with van der Waals surface area (Å²) in [4.78, 5) is 0. The molecule has 121 valence electrons. The van der Waals surface area contributed by atoms with Gasteiger partial charge >= 0.3 is 0 Å². The number of allylic oxidation sites excluding steroid dienone is 22.